The summed E-state index contributed by atoms with van der Waals surface area (Å²) in [7, 11) is -4.17. The number of carbonyl (C=O) groups excluding carboxylic acids is 2. The van der Waals surface area contributed by atoms with Gasteiger partial charge < -0.3 is 15.0 Å². The van der Waals surface area contributed by atoms with Crippen LogP contribution in [0.2, 0.25) is 0 Å². The summed E-state index contributed by atoms with van der Waals surface area (Å²) in [5.74, 6) is -0.122. The second kappa shape index (κ2) is 16.5. The fourth-order valence-electron chi connectivity index (χ4n) is 6.23. The summed E-state index contributed by atoms with van der Waals surface area (Å²) < 4.78 is 35.1. The predicted molar refractivity (Wildman–Crippen MR) is 189 cm³/mol. The number of ether oxygens (including phenoxy) is 1. The van der Waals surface area contributed by atoms with Gasteiger partial charge in [-0.2, -0.15) is 0 Å². The van der Waals surface area contributed by atoms with E-state index in [-0.39, 0.29) is 29.8 Å². The van der Waals surface area contributed by atoms with E-state index in [1.54, 1.807) is 47.4 Å². The third kappa shape index (κ3) is 9.04. The van der Waals surface area contributed by atoms with Crippen LogP contribution < -0.4 is 14.4 Å². The summed E-state index contributed by atoms with van der Waals surface area (Å²) in [5.41, 5.74) is 3.10. The number of amides is 2. The third-order valence-corrected chi connectivity index (χ3v) is 10.5. The molecule has 0 bridgehead atoms. The summed E-state index contributed by atoms with van der Waals surface area (Å²) in [6.07, 6.45) is 5.33. The van der Waals surface area contributed by atoms with E-state index in [0.717, 1.165) is 53.1 Å². The fraction of sp³-hybridized carbons (Fsp3) is 0.333. The molecule has 0 aliphatic heterocycles. The van der Waals surface area contributed by atoms with E-state index < -0.39 is 28.5 Å². The Hall–Kier alpha value is -4.63. The highest BCUT2D eigenvalue weighted by Crippen LogP contribution is 2.27. The van der Waals surface area contributed by atoms with Crippen molar-refractivity contribution in [2.24, 2.45) is 0 Å². The van der Waals surface area contributed by atoms with E-state index in [4.69, 9.17) is 4.74 Å². The molecular weight excluding hydrogens is 623 g/mol. The molecule has 1 aliphatic carbocycles. The molecule has 0 heterocycles. The molecule has 1 aliphatic rings. The number of hydrogen-bond acceptors (Lipinski definition) is 5. The molecule has 1 saturated carbocycles. The Morgan fingerprint density at radius 2 is 1.48 bits per heavy atom. The van der Waals surface area contributed by atoms with Gasteiger partial charge in [-0.1, -0.05) is 97.6 Å². The molecule has 4 aromatic rings. The Balaban J connectivity index is 1.55. The third-order valence-electron chi connectivity index (χ3n) is 8.70. The lowest BCUT2D eigenvalue weighted by molar-refractivity contribution is -0.140. The first-order valence-electron chi connectivity index (χ1n) is 16.7. The number of nitrogens with one attached hydrogen (secondary N) is 1. The first-order valence-corrected chi connectivity index (χ1v) is 18.2. The minimum Gasteiger partial charge on any atom is -0.494 e. The molecule has 48 heavy (non-hydrogen) atoms. The van der Waals surface area contributed by atoms with Gasteiger partial charge in [-0.05, 0) is 74.2 Å². The molecular formula is C39H45N3O5S. The number of rotatable bonds is 14. The van der Waals surface area contributed by atoms with Gasteiger partial charge in [-0.25, -0.2) is 8.42 Å². The zero-order valence-corrected chi connectivity index (χ0v) is 28.6. The van der Waals surface area contributed by atoms with Crippen LogP contribution in [0.25, 0.3) is 0 Å². The lowest BCUT2D eigenvalue weighted by Crippen LogP contribution is -2.55. The Morgan fingerprint density at radius 1 is 0.833 bits per heavy atom. The molecule has 1 N–H and O–H groups in total. The van der Waals surface area contributed by atoms with Crippen molar-refractivity contribution in [1.82, 2.24) is 10.2 Å². The van der Waals surface area contributed by atoms with E-state index in [1.807, 2.05) is 68.4 Å². The van der Waals surface area contributed by atoms with Gasteiger partial charge in [-0.3, -0.25) is 13.9 Å². The van der Waals surface area contributed by atoms with Gasteiger partial charge >= 0.3 is 0 Å². The zero-order valence-electron chi connectivity index (χ0n) is 27.8. The first kappa shape index (κ1) is 34.7. The number of benzene rings is 4. The fourth-order valence-corrected chi connectivity index (χ4v) is 7.66. The average Bonchev–Trinajstić information content (AvgIpc) is 3.10. The Labute approximate surface area is 284 Å². The summed E-state index contributed by atoms with van der Waals surface area (Å²) in [6.45, 7) is 3.95. The van der Waals surface area contributed by atoms with Crippen LogP contribution in [0, 0.1) is 6.92 Å². The highest BCUT2D eigenvalue weighted by atomic mass is 32.2. The zero-order chi connectivity index (χ0) is 33.9. The summed E-state index contributed by atoms with van der Waals surface area (Å²) in [4.78, 5) is 30.6. The van der Waals surface area contributed by atoms with Crippen molar-refractivity contribution in [2.75, 3.05) is 17.5 Å². The molecule has 9 heteroatoms. The number of anilines is 1. The molecule has 1 atom stereocenters. The molecule has 0 unspecified atom stereocenters. The largest absolute Gasteiger partial charge is 0.494 e. The minimum absolute atomic E-state index is 0.0410. The summed E-state index contributed by atoms with van der Waals surface area (Å²) in [6, 6.07) is 31.4. The van der Waals surface area contributed by atoms with Gasteiger partial charge in [0.05, 0.1) is 17.2 Å². The Bertz CT molecular complexity index is 1740. The van der Waals surface area contributed by atoms with Crippen LogP contribution in [0.15, 0.2) is 114 Å². The highest BCUT2D eigenvalue weighted by molar-refractivity contribution is 7.92. The maximum Gasteiger partial charge on any atom is 0.264 e. The van der Waals surface area contributed by atoms with Gasteiger partial charge in [0.25, 0.3) is 10.0 Å². The van der Waals surface area contributed by atoms with Crippen LogP contribution in [0.1, 0.15) is 55.7 Å². The van der Waals surface area contributed by atoms with Crippen molar-refractivity contribution in [3.8, 4) is 5.75 Å². The number of sulfonamides is 1. The molecule has 2 amide bonds. The molecule has 0 aromatic heterocycles. The molecule has 4 aromatic carbocycles. The highest BCUT2D eigenvalue weighted by Gasteiger charge is 2.35. The Kier molecular flexibility index (Phi) is 11.9. The maximum absolute atomic E-state index is 14.7. The van der Waals surface area contributed by atoms with E-state index in [9.17, 15) is 18.0 Å². The van der Waals surface area contributed by atoms with E-state index in [2.05, 4.69) is 5.32 Å². The van der Waals surface area contributed by atoms with Gasteiger partial charge in [0, 0.05) is 19.0 Å². The first-order chi connectivity index (χ1) is 23.2. The monoisotopic (exact) mass is 667 g/mol. The molecule has 0 saturated heterocycles. The average molecular weight is 668 g/mol. The summed E-state index contributed by atoms with van der Waals surface area (Å²) >= 11 is 0. The van der Waals surface area contributed by atoms with Gasteiger partial charge in [0.1, 0.15) is 18.3 Å². The lowest BCUT2D eigenvalue weighted by atomic mass is 9.94. The van der Waals surface area contributed by atoms with Gasteiger partial charge in [0.2, 0.25) is 11.8 Å². The van der Waals surface area contributed by atoms with E-state index in [0.29, 0.717) is 18.0 Å². The molecule has 252 valence electrons. The quantitative estimate of drug-likeness (QED) is 0.162. The van der Waals surface area contributed by atoms with E-state index >= 15 is 0 Å². The van der Waals surface area contributed by atoms with Crippen molar-refractivity contribution in [3.63, 3.8) is 0 Å². The van der Waals surface area contributed by atoms with Crippen molar-refractivity contribution in [1.29, 1.82) is 0 Å². The second-order valence-electron chi connectivity index (χ2n) is 12.3. The number of nitrogens with zero attached hydrogens (tertiary/aromatic N) is 2. The SMILES string of the molecule is CCOc1ccc(N(CC(=O)N(Cc2cccc(C)c2)[C@@H](Cc2ccccc2)C(=O)NC2CCCCC2)S(=O)(=O)c2ccccc2)cc1. The predicted octanol–water partition coefficient (Wildman–Crippen LogP) is 6.68. The van der Waals surface area contributed by atoms with Crippen molar-refractivity contribution in [2.45, 2.75) is 75.9 Å². The lowest BCUT2D eigenvalue weighted by Gasteiger charge is -2.35. The molecule has 1 fully saturated rings. The van der Waals surface area contributed by atoms with E-state index in [1.165, 1.54) is 12.1 Å². The van der Waals surface area contributed by atoms with Gasteiger partial charge in [0.15, 0.2) is 0 Å². The normalized spacial score (nSPS) is 14.1. The van der Waals surface area contributed by atoms with Crippen LogP contribution in [-0.2, 0) is 32.6 Å². The molecule has 8 nitrogen and oxygen atoms in total. The van der Waals surface area contributed by atoms with Crippen molar-refractivity contribution in [3.05, 3.63) is 126 Å². The van der Waals surface area contributed by atoms with Gasteiger partial charge in [-0.15, -0.1) is 0 Å². The van der Waals surface area contributed by atoms with Crippen molar-refractivity contribution >= 4 is 27.5 Å². The maximum atomic E-state index is 14.7. The number of aryl methyl sites for hydroxylation is 1. The molecule has 0 spiro atoms. The topological polar surface area (TPSA) is 96.0 Å². The van der Waals surface area contributed by atoms with Crippen LogP contribution in [0.4, 0.5) is 5.69 Å². The van der Waals surface area contributed by atoms with Crippen LogP contribution >= 0.6 is 0 Å². The summed E-state index contributed by atoms with van der Waals surface area (Å²) in [5, 5.41) is 3.25. The second-order valence-corrected chi connectivity index (χ2v) is 14.2. The minimum atomic E-state index is -4.17. The smallest absolute Gasteiger partial charge is 0.264 e. The van der Waals surface area contributed by atoms with Crippen LogP contribution in [0.5, 0.6) is 5.75 Å². The Morgan fingerprint density at radius 3 is 2.12 bits per heavy atom. The molecule has 5 rings (SSSR count). The number of hydrogen-bond donors (Lipinski definition) is 1. The van der Waals surface area contributed by atoms with Crippen LogP contribution in [0.3, 0.4) is 0 Å². The standard InChI is InChI=1S/C39H45N3O5S/c1-3-47-35-24-22-34(23-25-35)42(48(45,46)36-20-11-6-12-21-36)29-38(43)41(28-32-17-13-14-30(2)26-32)37(27-31-15-7-4-8-16-31)39(44)40-33-18-9-5-10-19-33/h4,6-8,11-17,20-26,33,37H,3,5,9-10,18-19,27-29H2,1-2H3,(H,40,44)/t37-/m0/s1. The molecule has 0 radical (unpaired) electrons. The van der Waals surface area contributed by atoms with Crippen LogP contribution in [-0.4, -0.2) is 50.4 Å². The number of carbonyl (C=O) groups is 2. The van der Waals surface area contributed by atoms with Crippen molar-refractivity contribution < 1.29 is 22.7 Å².